The van der Waals surface area contributed by atoms with Gasteiger partial charge in [0, 0.05) is 41.5 Å². The number of benzene rings is 1. The molecule has 3 rings (SSSR count). The van der Waals surface area contributed by atoms with Crippen LogP contribution in [-0.2, 0) is 6.42 Å². The summed E-state index contributed by atoms with van der Waals surface area (Å²) in [7, 11) is 0. The van der Waals surface area contributed by atoms with Crippen molar-refractivity contribution in [2.75, 3.05) is 25.4 Å². The summed E-state index contributed by atoms with van der Waals surface area (Å²) in [5, 5.41) is 0. The topological polar surface area (TPSA) is 59.2 Å². The Morgan fingerprint density at radius 2 is 1.88 bits per heavy atom. The van der Waals surface area contributed by atoms with Gasteiger partial charge in [-0.2, -0.15) is 0 Å². The van der Waals surface area contributed by atoms with Crippen molar-refractivity contribution in [3.8, 4) is 0 Å². The van der Waals surface area contributed by atoms with Crippen molar-refractivity contribution in [3.63, 3.8) is 0 Å². The molecule has 4 nitrogen and oxygen atoms in total. The molecule has 1 aliphatic heterocycles. The van der Waals surface area contributed by atoms with Crippen LogP contribution in [0, 0.1) is 12.8 Å². The summed E-state index contributed by atoms with van der Waals surface area (Å²) < 4.78 is 0. The highest BCUT2D eigenvalue weighted by Gasteiger charge is 2.25. The Morgan fingerprint density at radius 3 is 2.54 bits per heavy atom. The SMILES string of the molecule is Cc1cccc(CCN2CCC(C(=O)c3ccc(N)cc3)CC2)n1. The van der Waals surface area contributed by atoms with E-state index in [1.165, 1.54) is 0 Å². The first kappa shape index (κ1) is 16.7. The van der Waals surface area contributed by atoms with Gasteiger partial charge in [0.2, 0.25) is 0 Å². The van der Waals surface area contributed by atoms with E-state index in [0.717, 1.165) is 55.8 Å². The van der Waals surface area contributed by atoms with Crippen molar-refractivity contribution >= 4 is 11.5 Å². The molecule has 126 valence electrons. The molecule has 1 aromatic carbocycles. The molecule has 4 heteroatoms. The van der Waals surface area contributed by atoms with E-state index in [0.29, 0.717) is 5.69 Å². The molecule has 0 spiro atoms. The summed E-state index contributed by atoms with van der Waals surface area (Å²) in [6, 6.07) is 13.5. The molecule has 1 aliphatic rings. The Balaban J connectivity index is 1.48. The summed E-state index contributed by atoms with van der Waals surface area (Å²) in [6.45, 7) is 5.01. The normalized spacial score (nSPS) is 16.2. The number of anilines is 1. The van der Waals surface area contributed by atoms with Crippen molar-refractivity contribution in [2.24, 2.45) is 5.92 Å². The summed E-state index contributed by atoms with van der Waals surface area (Å²) in [4.78, 5) is 19.6. The maximum Gasteiger partial charge on any atom is 0.166 e. The number of nitrogens with two attached hydrogens (primary N) is 1. The van der Waals surface area contributed by atoms with E-state index in [-0.39, 0.29) is 11.7 Å². The third-order valence-electron chi connectivity index (χ3n) is 4.78. The summed E-state index contributed by atoms with van der Waals surface area (Å²) >= 11 is 0. The van der Waals surface area contributed by atoms with Crippen LogP contribution in [0.4, 0.5) is 5.69 Å². The van der Waals surface area contributed by atoms with Crippen LogP contribution in [0.5, 0.6) is 0 Å². The molecule has 0 saturated carbocycles. The van der Waals surface area contributed by atoms with Crippen molar-refractivity contribution < 1.29 is 4.79 Å². The van der Waals surface area contributed by atoms with E-state index in [1.807, 2.05) is 25.1 Å². The maximum atomic E-state index is 12.6. The number of aryl methyl sites for hydroxylation is 1. The Hall–Kier alpha value is -2.20. The van der Waals surface area contributed by atoms with Gasteiger partial charge in [-0.15, -0.1) is 0 Å². The monoisotopic (exact) mass is 323 g/mol. The number of carbonyl (C=O) groups excluding carboxylic acids is 1. The van der Waals surface area contributed by atoms with Crippen molar-refractivity contribution in [1.29, 1.82) is 0 Å². The smallest absolute Gasteiger partial charge is 0.166 e. The number of rotatable bonds is 5. The van der Waals surface area contributed by atoms with E-state index in [4.69, 9.17) is 5.73 Å². The zero-order chi connectivity index (χ0) is 16.9. The number of nitrogens with zero attached hydrogens (tertiary/aromatic N) is 2. The van der Waals surface area contributed by atoms with Crippen LogP contribution in [0.3, 0.4) is 0 Å². The molecule has 1 saturated heterocycles. The first-order chi connectivity index (χ1) is 11.6. The lowest BCUT2D eigenvalue weighted by molar-refractivity contribution is 0.0841. The summed E-state index contributed by atoms with van der Waals surface area (Å²) in [5.74, 6) is 0.400. The van der Waals surface area contributed by atoms with Gasteiger partial charge in [-0.05, 0) is 69.3 Å². The molecule has 1 fully saturated rings. The molecule has 0 atom stereocenters. The minimum Gasteiger partial charge on any atom is -0.399 e. The number of hydrogen-bond donors (Lipinski definition) is 1. The molecule has 2 N–H and O–H groups in total. The molecule has 0 aliphatic carbocycles. The third kappa shape index (κ3) is 4.20. The minimum absolute atomic E-state index is 0.141. The molecule has 0 bridgehead atoms. The van der Waals surface area contributed by atoms with Gasteiger partial charge in [0.1, 0.15) is 0 Å². The number of likely N-dealkylation sites (tertiary alicyclic amines) is 1. The highest BCUT2D eigenvalue weighted by molar-refractivity contribution is 5.98. The molecule has 0 radical (unpaired) electrons. The Morgan fingerprint density at radius 1 is 1.17 bits per heavy atom. The predicted octanol–water partition coefficient (Wildman–Crippen LogP) is 3.11. The molecular weight excluding hydrogens is 298 g/mol. The van der Waals surface area contributed by atoms with Crippen LogP contribution in [0.1, 0.15) is 34.6 Å². The second-order valence-corrected chi connectivity index (χ2v) is 6.62. The summed E-state index contributed by atoms with van der Waals surface area (Å²) in [6.07, 6.45) is 2.84. The number of pyridine rings is 1. The summed E-state index contributed by atoms with van der Waals surface area (Å²) in [5.41, 5.74) is 9.39. The van der Waals surface area contributed by atoms with Gasteiger partial charge in [-0.3, -0.25) is 9.78 Å². The van der Waals surface area contributed by atoms with Crippen LogP contribution in [-0.4, -0.2) is 35.3 Å². The number of carbonyl (C=O) groups is 1. The lowest BCUT2D eigenvalue weighted by Crippen LogP contribution is -2.37. The first-order valence-electron chi connectivity index (χ1n) is 8.66. The molecule has 1 aromatic heterocycles. The number of aromatic nitrogens is 1. The standard InChI is InChI=1S/C20H25N3O/c1-15-3-2-4-19(22-15)11-14-23-12-9-17(10-13-23)20(24)16-5-7-18(21)8-6-16/h2-8,17H,9-14,21H2,1H3. The molecule has 0 unspecified atom stereocenters. The van der Waals surface area contributed by atoms with Crippen LogP contribution < -0.4 is 5.73 Å². The van der Waals surface area contributed by atoms with Crippen LogP contribution >= 0.6 is 0 Å². The Kier molecular flexibility index (Phi) is 5.26. The van der Waals surface area contributed by atoms with Crippen LogP contribution in [0.15, 0.2) is 42.5 Å². The fourth-order valence-electron chi connectivity index (χ4n) is 3.31. The van der Waals surface area contributed by atoms with E-state index < -0.39 is 0 Å². The number of hydrogen-bond acceptors (Lipinski definition) is 4. The Labute approximate surface area is 143 Å². The minimum atomic E-state index is 0.141. The number of ketones is 1. The van der Waals surface area contributed by atoms with Gasteiger partial charge in [0.25, 0.3) is 0 Å². The average molecular weight is 323 g/mol. The second kappa shape index (κ2) is 7.58. The fourth-order valence-corrected chi connectivity index (χ4v) is 3.31. The molecule has 0 amide bonds. The van der Waals surface area contributed by atoms with Crippen molar-refractivity contribution in [2.45, 2.75) is 26.2 Å². The van der Waals surface area contributed by atoms with Gasteiger partial charge in [0.15, 0.2) is 5.78 Å². The van der Waals surface area contributed by atoms with E-state index in [9.17, 15) is 4.79 Å². The van der Waals surface area contributed by atoms with Gasteiger partial charge in [0.05, 0.1) is 0 Å². The first-order valence-corrected chi connectivity index (χ1v) is 8.66. The van der Waals surface area contributed by atoms with Crippen molar-refractivity contribution in [3.05, 3.63) is 59.4 Å². The zero-order valence-electron chi connectivity index (χ0n) is 14.2. The van der Waals surface area contributed by atoms with Gasteiger partial charge in [-0.25, -0.2) is 0 Å². The number of piperidine rings is 1. The van der Waals surface area contributed by atoms with Gasteiger partial charge in [-0.1, -0.05) is 6.07 Å². The Bertz CT molecular complexity index is 688. The van der Waals surface area contributed by atoms with Crippen molar-refractivity contribution in [1.82, 2.24) is 9.88 Å². The third-order valence-corrected chi connectivity index (χ3v) is 4.78. The molecule has 2 heterocycles. The second-order valence-electron chi connectivity index (χ2n) is 6.62. The number of Topliss-reactive ketones (excluding diaryl/α,β-unsaturated/α-hetero) is 1. The van der Waals surface area contributed by atoms with E-state index in [2.05, 4.69) is 22.0 Å². The van der Waals surface area contributed by atoms with E-state index in [1.54, 1.807) is 12.1 Å². The molecule has 2 aromatic rings. The number of nitrogen functional groups attached to an aromatic ring is 1. The predicted molar refractivity (Wildman–Crippen MR) is 97.0 cm³/mol. The largest absolute Gasteiger partial charge is 0.399 e. The molecule has 24 heavy (non-hydrogen) atoms. The van der Waals surface area contributed by atoms with E-state index >= 15 is 0 Å². The average Bonchev–Trinajstić information content (AvgIpc) is 2.61. The lowest BCUT2D eigenvalue weighted by atomic mass is 9.89. The van der Waals surface area contributed by atoms with Gasteiger partial charge < -0.3 is 10.6 Å². The highest BCUT2D eigenvalue weighted by Crippen LogP contribution is 2.22. The maximum absolute atomic E-state index is 12.6. The fraction of sp³-hybridized carbons (Fsp3) is 0.400. The lowest BCUT2D eigenvalue weighted by Gasteiger charge is -2.31. The van der Waals surface area contributed by atoms with Gasteiger partial charge >= 0.3 is 0 Å². The zero-order valence-corrected chi connectivity index (χ0v) is 14.2. The van der Waals surface area contributed by atoms with Crippen LogP contribution in [0.25, 0.3) is 0 Å². The van der Waals surface area contributed by atoms with Crippen LogP contribution in [0.2, 0.25) is 0 Å². The highest BCUT2D eigenvalue weighted by atomic mass is 16.1. The molecular formula is C20H25N3O. The quantitative estimate of drug-likeness (QED) is 0.678.